The number of halogens is 2. The molecule has 34 heavy (non-hydrogen) atoms. The molecule has 3 aromatic heterocycles. The van der Waals surface area contributed by atoms with Gasteiger partial charge >= 0.3 is 0 Å². The molecule has 0 spiro atoms. The van der Waals surface area contributed by atoms with Crippen molar-refractivity contribution in [2.45, 2.75) is 5.09 Å². The zero-order chi connectivity index (χ0) is 23.7. The van der Waals surface area contributed by atoms with Gasteiger partial charge in [0.2, 0.25) is 10.4 Å². The standard InChI is InChI=1S/C21H17Cl2N5O4S2/c22-17-13(3-1-4-14(17)27-34(29,30)16-5-2-10-32-16)18-19(15-6-7-24-20(23)25-15)33-21(26-18)28-8-11-31-12-9-28/h1-7,10,27H,8-9,11-12H2. The van der Waals surface area contributed by atoms with E-state index >= 15 is 0 Å². The zero-order valence-corrected chi connectivity index (χ0v) is 20.6. The minimum Gasteiger partial charge on any atom is -0.451 e. The van der Waals surface area contributed by atoms with Gasteiger partial charge < -0.3 is 14.1 Å². The molecule has 1 aliphatic rings. The maximum Gasteiger partial charge on any atom is 0.295 e. The minimum absolute atomic E-state index is 0.107. The van der Waals surface area contributed by atoms with Crippen LogP contribution in [0.4, 0.5) is 10.8 Å². The van der Waals surface area contributed by atoms with Crippen LogP contribution in [0.3, 0.4) is 0 Å². The lowest BCUT2D eigenvalue weighted by atomic mass is 10.1. The molecule has 4 aromatic rings. The Morgan fingerprint density at radius 1 is 1.06 bits per heavy atom. The number of morpholine rings is 1. The lowest BCUT2D eigenvalue weighted by Crippen LogP contribution is -2.36. The first-order valence-electron chi connectivity index (χ1n) is 10.1. The van der Waals surface area contributed by atoms with Crippen molar-refractivity contribution in [3.8, 4) is 21.8 Å². The van der Waals surface area contributed by atoms with Crippen molar-refractivity contribution in [1.82, 2.24) is 15.0 Å². The number of nitrogens with zero attached hydrogens (tertiary/aromatic N) is 4. The number of ether oxygens (including phenoxy) is 1. The second kappa shape index (κ2) is 9.51. The Labute approximate surface area is 209 Å². The molecular formula is C21H17Cl2N5O4S2. The third kappa shape index (κ3) is 4.62. The van der Waals surface area contributed by atoms with Gasteiger partial charge in [-0.1, -0.05) is 35.1 Å². The Kier molecular flexibility index (Phi) is 6.45. The van der Waals surface area contributed by atoms with Crippen LogP contribution >= 0.6 is 34.5 Å². The lowest BCUT2D eigenvalue weighted by molar-refractivity contribution is 0.122. The highest BCUT2D eigenvalue weighted by Gasteiger charge is 2.25. The molecule has 0 amide bonds. The Hall–Kier alpha value is -2.70. The summed E-state index contributed by atoms with van der Waals surface area (Å²) in [6.45, 7) is 2.62. The molecule has 13 heteroatoms. The molecule has 0 atom stereocenters. The highest BCUT2D eigenvalue weighted by atomic mass is 35.5. The monoisotopic (exact) mass is 537 g/mol. The Morgan fingerprint density at radius 2 is 1.88 bits per heavy atom. The van der Waals surface area contributed by atoms with Crippen LogP contribution in [0.5, 0.6) is 0 Å². The van der Waals surface area contributed by atoms with Crippen molar-refractivity contribution >= 4 is 55.4 Å². The largest absolute Gasteiger partial charge is 0.451 e. The van der Waals surface area contributed by atoms with Crippen LogP contribution in [0.15, 0.2) is 58.4 Å². The molecular weight excluding hydrogens is 521 g/mol. The van der Waals surface area contributed by atoms with E-state index in [4.69, 9.17) is 37.3 Å². The van der Waals surface area contributed by atoms with Gasteiger partial charge in [0.15, 0.2) is 5.13 Å². The van der Waals surface area contributed by atoms with Crippen molar-refractivity contribution in [2.24, 2.45) is 0 Å². The summed E-state index contributed by atoms with van der Waals surface area (Å²) < 4.78 is 38.3. The molecule has 0 saturated carbocycles. The third-order valence-corrected chi connectivity index (χ3v) is 7.99. The summed E-state index contributed by atoms with van der Waals surface area (Å²) in [7, 11) is -3.95. The van der Waals surface area contributed by atoms with Crippen LogP contribution in [-0.4, -0.2) is 49.7 Å². The number of aromatic nitrogens is 3. The Balaban J connectivity index is 1.60. The van der Waals surface area contributed by atoms with Crippen molar-refractivity contribution in [3.63, 3.8) is 0 Å². The smallest absolute Gasteiger partial charge is 0.295 e. The number of anilines is 2. The molecule has 0 bridgehead atoms. The molecule has 0 unspecified atom stereocenters. The molecule has 176 valence electrons. The van der Waals surface area contributed by atoms with E-state index in [2.05, 4.69) is 19.6 Å². The van der Waals surface area contributed by atoms with Gasteiger partial charge in [-0.3, -0.25) is 4.72 Å². The van der Waals surface area contributed by atoms with E-state index in [-0.39, 0.29) is 21.1 Å². The van der Waals surface area contributed by atoms with Crippen LogP contribution in [-0.2, 0) is 14.8 Å². The van der Waals surface area contributed by atoms with Gasteiger partial charge in [0.05, 0.1) is 46.5 Å². The van der Waals surface area contributed by atoms with Crippen LogP contribution in [0.1, 0.15) is 0 Å². The summed E-state index contributed by atoms with van der Waals surface area (Å²) in [6, 6.07) is 9.63. The van der Waals surface area contributed by atoms with Crippen LogP contribution in [0.2, 0.25) is 10.3 Å². The van der Waals surface area contributed by atoms with E-state index in [1.165, 1.54) is 29.7 Å². The topological polar surface area (TPSA) is 110 Å². The Bertz CT molecular complexity index is 1420. The minimum atomic E-state index is -3.95. The first-order chi connectivity index (χ1) is 16.4. The van der Waals surface area contributed by atoms with Crippen LogP contribution < -0.4 is 9.62 Å². The van der Waals surface area contributed by atoms with E-state index in [0.717, 1.165) is 10.0 Å². The number of furan rings is 1. The number of rotatable bonds is 6. The maximum atomic E-state index is 12.7. The fourth-order valence-corrected chi connectivity index (χ4v) is 5.99. The number of sulfonamides is 1. The number of nitrogens with one attached hydrogen (secondary N) is 1. The second-order valence-corrected chi connectivity index (χ2v) is 10.5. The first-order valence-corrected chi connectivity index (χ1v) is 13.2. The van der Waals surface area contributed by atoms with Gasteiger partial charge in [-0.05, 0) is 35.9 Å². The SMILES string of the molecule is O=S(=O)(Nc1cccc(-c2nc(N3CCOCC3)sc2-c2ccnc(Cl)n2)c1Cl)c1ccco1. The number of benzene rings is 1. The Morgan fingerprint density at radius 3 is 2.62 bits per heavy atom. The number of hydrogen-bond acceptors (Lipinski definition) is 9. The molecule has 0 radical (unpaired) electrons. The van der Waals surface area contributed by atoms with E-state index in [0.29, 0.717) is 43.3 Å². The summed E-state index contributed by atoms with van der Waals surface area (Å²) in [5.41, 5.74) is 1.89. The van der Waals surface area contributed by atoms with E-state index in [1.807, 2.05) is 0 Å². The number of thiazole rings is 1. The van der Waals surface area contributed by atoms with Crippen LogP contribution in [0.25, 0.3) is 21.8 Å². The van der Waals surface area contributed by atoms with Gasteiger partial charge in [-0.2, -0.15) is 8.42 Å². The summed E-state index contributed by atoms with van der Waals surface area (Å²) in [6.07, 6.45) is 2.85. The molecule has 1 aliphatic heterocycles. The zero-order valence-electron chi connectivity index (χ0n) is 17.4. The van der Waals surface area contributed by atoms with Gasteiger partial charge in [0.25, 0.3) is 10.0 Å². The number of hydrogen-bond donors (Lipinski definition) is 1. The molecule has 1 aromatic carbocycles. The van der Waals surface area contributed by atoms with Crippen molar-refractivity contribution in [1.29, 1.82) is 0 Å². The molecule has 0 aliphatic carbocycles. The van der Waals surface area contributed by atoms with Gasteiger partial charge in [0, 0.05) is 24.8 Å². The van der Waals surface area contributed by atoms with E-state index in [1.54, 1.807) is 30.5 Å². The molecule has 5 rings (SSSR count). The maximum absolute atomic E-state index is 12.7. The predicted molar refractivity (Wildman–Crippen MR) is 131 cm³/mol. The van der Waals surface area contributed by atoms with Gasteiger partial charge in [-0.25, -0.2) is 15.0 Å². The van der Waals surface area contributed by atoms with Crippen molar-refractivity contribution < 1.29 is 17.6 Å². The first kappa shape index (κ1) is 23.1. The van der Waals surface area contributed by atoms with Crippen molar-refractivity contribution in [2.75, 3.05) is 35.9 Å². The van der Waals surface area contributed by atoms with Gasteiger partial charge in [0.1, 0.15) is 0 Å². The van der Waals surface area contributed by atoms with Crippen LogP contribution in [0, 0.1) is 0 Å². The second-order valence-electron chi connectivity index (χ2n) is 7.19. The van der Waals surface area contributed by atoms with Crippen molar-refractivity contribution in [3.05, 3.63) is 59.2 Å². The quantitative estimate of drug-likeness (QED) is 0.349. The summed E-state index contributed by atoms with van der Waals surface area (Å²) in [4.78, 5) is 16.0. The summed E-state index contributed by atoms with van der Waals surface area (Å²) in [5.74, 6) is 0. The van der Waals surface area contributed by atoms with E-state index < -0.39 is 10.0 Å². The van der Waals surface area contributed by atoms with E-state index in [9.17, 15) is 8.42 Å². The molecule has 4 heterocycles. The highest BCUT2D eigenvalue weighted by Crippen LogP contribution is 2.44. The summed E-state index contributed by atoms with van der Waals surface area (Å²) in [5, 5.41) is 0.864. The normalized spacial score (nSPS) is 14.4. The average molecular weight is 538 g/mol. The fourth-order valence-electron chi connectivity index (χ4n) is 3.42. The third-order valence-electron chi connectivity index (χ3n) is 5.01. The average Bonchev–Trinajstić information content (AvgIpc) is 3.52. The lowest BCUT2D eigenvalue weighted by Gasteiger charge is -2.26. The molecule has 9 nitrogen and oxygen atoms in total. The highest BCUT2D eigenvalue weighted by molar-refractivity contribution is 7.92. The fraction of sp³-hybridized carbons (Fsp3) is 0.190. The summed E-state index contributed by atoms with van der Waals surface area (Å²) >= 11 is 14.2. The van der Waals surface area contributed by atoms with Gasteiger partial charge in [-0.15, -0.1) is 0 Å². The predicted octanol–water partition coefficient (Wildman–Crippen LogP) is 4.80. The molecule has 1 N–H and O–H groups in total. The molecule has 1 fully saturated rings. The molecule has 1 saturated heterocycles.